The summed E-state index contributed by atoms with van der Waals surface area (Å²) in [7, 11) is 0. The first-order valence-electron chi connectivity index (χ1n) is 4.92. The molecule has 0 spiro atoms. The molecular weight excluding hydrogens is 188 g/mol. The number of rotatable bonds is 3. The first-order chi connectivity index (χ1) is 6.93. The monoisotopic (exact) mass is 204 g/mol. The highest BCUT2D eigenvalue weighted by Gasteiger charge is 2.28. The van der Waals surface area contributed by atoms with Crippen LogP contribution in [0.2, 0.25) is 0 Å². The van der Waals surface area contributed by atoms with Crippen LogP contribution in [0.3, 0.4) is 0 Å². The van der Waals surface area contributed by atoms with Gasteiger partial charge in [0.2, 0.25) is 0 Å². The van der Waals surface area contributed by atoms with Crippen LogP contribution < -0.4 is 0 Å². The van der Waals surface area contributed by atoms with Gasteiger partial charge in [0.15, 0.2) is 5.78 Å². The molecule has 0 fully saturated rings. The molecule has 0 aliphatic heterocycles. The average molecular weight is 204 g/mol. The van der Waals surface area contributed by atoms with Crippen molar-refractivity contribution in [3.8, 4) is 0 Å². The van der Waals surface area contributed by atoms with Crippen LogP contribution in [0.25, 0.3) is 0 Å². The molecule has 1 aromatic carbocycles. The molecule has 80 valence electrons. The summed E-state index contributed by atoms with van der Waals surface area (Å²) in [6.07, 6.45) is 1.57. The summed E-state index contributed by atoms with van der Waals surface area (Å²) in [5, 5.41) is 9.98. The molecule has 0 radical (unpaired) electrons. The summed E-state index contributed by atoms with van der Waals surface area (Å²) in [4.78, 5) is 11.9. The number of hydrogen-bond acceptors (Lipinski definition) is 2. The molecule has 1 atom stereocenters. The number of aliphatic hydroxyl groups is 1. The van der Waals surface area contributed by atoms with E-state index in [4.69, 9.17) is 0 Å². The van der Waals surface area contributed by atoms with Crippen molar-refractivity contribution in [2.24, 2.45) is 0 Å². The zero-order valence-electron chi connectivity index (χ0n) is 9.32. The van der Waals surface area contributed by atoms with Gasteiger partial charge in [-0.1, -0.05) is 35.9 Å². The Bertz CT molecular complexity index is 371. The molecule has 1 aromatic rings. The van der Waals surface area contributed by atoms with Crippen molar-refractivity contribution in [3.63, 3.8) is 0 Å². The number of ketones is 1. The number of hydrogen-bond donors (Lipinski definition) is 1. The zero-order chi connectivity index (χ0) is 11.5. The van der Waals surface area contributed by atoms with Gasteiger partial charge in [0, 0.05) is 5.56 Å². The summed E-state index contributed by atoms with van der Waals surface area (Å²) in [5.41, 5.74) is 0.0319. The molecule has 0 bridgehead atoms. The molecule has 2 heteroatoms. The maximum absolute atomic E-state index is 11.9. The Labute approximate surface area is 90.3 Å². The molecular formula is C13H16O2. The van der Waals surface area contributed by atoms with Crippen LogP contribution in [0.4, 0.5) is 0 Å². The Morgan fingerprint density at radius 3 is 2.27 bits per heavy atom. The van der Waals surface area contributed by atoms with Gasteiger partial charge in [0.25, 0.3) is 0 Å². The minimum atomic E-state index is -1.42. The predicted octanol–water partition coefficient (Wildman–Crippen LogP) is 2.59. The summed E-state index contributed by atoms with van der Waals surface area (Å²) >= 11 is 0. The van der Waals surface area contributed by atoms with Crippen molar-refractivity contribution in [2.75, 3.05) is 0 Å². The van der Waals surface area contributed by atoms with Crippen molar-refractivity contribution < 1.29 is 9.90 Å². The third-order valence-corrected chi connectivity index (χ3v) is 2.07. The Morgan fingerprint density at radius 1 is 1.27 bits per heavy atom. The van der Waals surface area contributed by atoms with Gasteiger partial charge in [-0.25, -0.2) is 0 Å². The third-order valence-electron chi connectivity index (χ3n) is 2.07. The van der Waals surface area contributed by atoms with Crippen LogP contribution in [-0.2, 0) is 0 Å². The summed E-state index contributed by atoms with van der Waals surface area (Å²) < 4.78 is 0. The minimum absolute atomic E-state index is 0.274. The Morgan fingerprint density at radius 2 is 1.80 bits per heavy atom. The van der Waals surface area contributed by atoms with Crippen molar-refractivity contribution >= 4 is 5.78 Å². The summed E-state index contributed by atoms with van der Waals surface area (Å²) in [6.45, 7) is 5.22. The minimum Gasteiger partial charge on any atom is -0.378 e. The fraction of sp³-hybridized carbons (Fsp3) is 0.308. The van der Waals surface area contributed by atoms with Gasteiger partial charge in [0.1, 0.15) is 5.60 Å². The average Bonchev–Trinajstić information content (AvgIpc) is 2.16. The van der Waals surface area contributed by atoms with Gasteiger partial charge in [-0.3, -0.25) is 4.79 Å². The maximum Gasteiger partial charge on any atom is 0.197 e. The van der Waals surface area contributed by atoms with E-state index in [2.05, 4.69) is 0 Å². The second kappa shape index (κ2) is 4.41. The van der Waals surface area contributed by atoms with Crippen LogP contribution >= 0.6 is 0 Å². The van der Waals surface area contributed by atoms with Crippen LogP contribution in [0.1, 0.15) is 31.1 Å². The summed E-state index contributed by atoms with van der Waals surface area (Å²) in [6, 6.07) is 8.81. The normalized spacial score (nSPS) is 14.1. The fourth-order valence-electron chi connectivity index (χ4n) is 1.51. The van der Waals surface area contributed by atoms with Gasteiger partial charge in [-0.15, -0.1) is 0 Å². The Kier molecular flexibility index (Phi) is 3.43. The lowest BCUT2D eigenvalue weighted by Crippen LogP contribution is -2.33. The number of allylic oxidation sites excluding steroid dienone is 1. The van der Waals surface area contributed by atoms with E-state index in [1.807, 2.05) is 19.9 Å². The van der Waals surface area contributed by atoms with Crippen LogP contribution in [0, 0.1) is 0 Å². The van der Waals surface area contributed by atoms with E-state index in [1.54, 1.807) is 30.3 Å². The molecule has 0 amide bonds. The second-order valence-electron chi connectivity index (χ2n) is 4.06. The van der Waals surface area contributed by atoms with Gasteiger partial charge in [-0.2, -0.15) is 0 Å². The van der Waals surface area contributed by atoms with E-state index in [-0.39, 0.29) is 5.78 Å². The number of benzene rings is 1. The lowest BCUT2D eigenvalue weighted by molar-refractivity contribution is 0.0589. The maximum atomic E-state index is 11.9. The molecule has 2 nitrogen and oxygen atoms in total. The Hall–Kier alpha value is -1.41. The van der Waals surface area contributed by atoms with E-state index in [0.29, 0.717) is 5.56 Å². The highest BCUT2D eigenvalue weighted by atomic mass is 16.3. The third kappa shape index (κ3) is 3.03. The predicted molar refractivity (Wildman–Crippen MR) is 60.8 cm³/mol. The number of Topliss-reactive ketones (excluding diaryl/α,β-unsaturated/α-hetero) is 1. The topological polar surface area (TPSA) is 37.3 Å². The highest BCUT2D eigenvalue weighted by Crippen LogP contribution is 2.16. The van der Waals surface area contributed by atoms with Crippen LogP contribution in [0.15, 0.2) is 42.0 Å². The molecule has 1 rings (SSSR count). The van der Waals surface area contributed by atoms with Gasteiger partial charge < -0.3 is 5.11 Å². The highest BCUT2D eigenvalue weighted by molar-refractivity contribution is 6.03. The molecule has 0 aromatic heterocycles. The first kappa shape index (κ1) is 11.7. The molecule has 0 aliphatic rings. The van der Waals surface area contributed by atoms with E-state index in [9.17, 15) is 9.90 Å². The SMILES string of the molecule is CC(C)=CC(C)(O)C(=O)c1ccccc1. The molecule has 1 unspecified atom stereocenters. The van der Waals surface area contributed by atoms with Crippen molar-refractivity contribution in [2.45, 2.75) is 26.4 Å². The van der Waals surface area contributed by atoms with Crippen molar-refractivity contribution in [1.82, 2.24) is 0 Å². The zero-order valence-corrected chi connectivity index (χ0v) is 9.32. The largest absolute Gasteiger partial charge is 0.378 e. The smallest absolute Gasteiger partial charge is 0.197 e. The van der Waals surface area contributed by atoms with Crippen molar-refractivity contribution in [3.05, 3.63) is 47.5 Å². The quantitative estimate of drug-likeness (QED) is 0.607. The van der Waals surface area contributed by atoms with Crippen LogP contribution in [-0.4, -0.2) is 16.5 Å². The lowest BCUT2D eigenvalue weighted by Gasteiger charge is -2.18. The Balaban J connectivity index is 3.00. The molecule has 0 saturated heterocycles. The molecule has 0 heterocycles. The van der Waals surface area contributed by atoms with Gasteiger partial charge in [0.05, 0.1) is 0 Å². The van der Waals surface area contributed by atoms with E-state index < -0.39 is 5.60 Å². The lowest BCUT2D eigenvalue weighted by atomic mass is 9.93. The van der Waals surface area contributed by atoms with E-state index >= 15 is 0 Å². The van der Waals surface area contributed by atoms with E-state index in [1.165, 1.54) is 6.92 Å². The first-order valence-corrected chi connectivity index (χ1v) is 4.92. The summed E-state index contributed by atoms with van der Waals surface area (Å²) in [5.74, 6) is -0.274. The molecule has 0 saturated carbocycles. The van der Waals surface area contributed by atoms with Gasteiger partial charge in [-0.05, 0) is 26.8 Å². The molecule has 1 N–H and O–H groups in total. The van der Waals surface area contributed by atoms with Crippen molar-refractivity contribution in [1.29, 1.82) is 0 Å². The fourth-order valence-corrected chi connectivity index (χ4v) is 1.51. The molecule has 0 aliphatic carbocycles. The number of carbonyl (C=O) groups is 1. The second-order valence-corrected chi connectivity index (χ2v) is 4.06. The van der Waals surface area contributed by atoms with Crippen LogP contribution in [0.5, 0.6) is 0 Å². The number of carbonyl (C=O) groups excluding carboxylic acids is 1. The van der Waals surface area contributed by atoms with Gasteiger partial charge >= 0.3 is 0 Å². The molecule has 15 heavy (non-hydrogen) atoms. The standard InChI is InChI=1S/C13H16O2/c1-10(2)9-13(3,15)12(14)11-7-5-4-6-8-11/h4-9,15H,1-3H3. The van der Waals surface area contributed by atoms with E-state index in [0.717, 1.165) is 5.57 Å².